The predicted molar refractivity (Wildman–Crippen MR) is 85.4 cm³/mol. The summed E-state index contributed by atoms with van der Waals surface area (Å²) in [7, 11) is 3.13. The lowest BCUT2D eigenvalue weighted by Crippen LogP contribution is -2.43. The molecule has 2 heterocycles. The van der Waals surface area contributed by atoms with E-state index in [0.717, 1.165) is 4.90 Å². The van der Waals surface area contributed by atoms with Gasteiger partial charge in [-0.3, -0.25) is 14.5 Å². The average Bonchev–Trinajstić information content (AvgIpc) is 3.19. The van der Waals surface area contributed by atoms with Gasteiger partial charge in [0.25, 0.3) is 5.91 Å². The van der Waals surface area contributed by atoms with Crippen molar-refractivity contribution in [2.24, 2.45) is 0 Å². The Morgan fingerprint density at radius 2 is 1.92 bits per heavy atom. The van der Waals surface area contributed by atoms with Gasteiger partial charge in [0, 0.05) is 14.1 Å². The summed E-state index contributed by atoms with van der Waals surface area (Å²) < 4.78 is 1.48. The molecule has 1 unspecified atom stereocenters. The molecule has 0 aliphatic carbocycles. The van der Waals surface area contributed by atoms with Crippen LogP contribution in [0.3, 0.4) is 0 Å². The number of aromatic nitrogens is 4. The number of rotatable bonds is 4. The topological polar surface area (TPSA) is 113 Å². The van der Waals surface area contributed by atoms with Gasteiger partial charge in [-0.2, -0.15) is 0 Å². The summed E-state index contributed by atoms with van der Waals surface area (Å²) >= 11 is 0. The molecular formula is C15H17N7O3. The minimum atomic E-state index is -1.23. The normalized spacial score (nSPS) is 19.9. The highest BCUT2D eigenvalue weighted by Crippen LogP contribution is 2.29. The molecule has 0 radical (unpaired) electrons. The molecule has 2 aromatic rings. The first kappa shape index (κ1) is 16.6. The molecule has 1 aliphatic heterocycles. The van der Waals surface area contributed by atoms with E-state index in [2.05, 4.69) is 20.8 Å². The van der Waals surface area contributed by atoms with Crippen LogP contribution in [0.1, 0.15) is 12.5 Å². The Bertz CT molecular complexity index is 816. The van der Waals surface area contributed by atoms with Crippen molar-refractivity contribution in [2.45, 2.75) is 12.5 Å². The van der Waals surface area contributed by atoms with Crippen LogP contribution in [0.15, 0.2) is 30.6 Å². The van der Waals surface area contributed by atoms with E-state index in [0.29, 0.717) is 11.3 Å². The maximum absolute atomic E-state index is 12.7. The lowest BCUT2D eigenvalue weighted by molar-refractivity contribution is -0.137. The Balaban J connectivity index is 1.85. The van der Waals surface area contributed by atoms with Crippen molar-refractivity contribution in [1.82, 2.24) is 35.3 Å². The summed E-state index contributed by atoms with van der Waals surface area (Å²) in [6.45, 7) is 1.31. The van der Waals surface area contributed by atoms with E-state index in [1.165, 1.54) is 15.9 Å². The van der Waals surface area contributed by atoms with Crippen LogP contribution in [0.5, 0.6) is 0 Å². The maximum atomic E-state index is 12.7. The van der Waals surface area contributed by atoms with Crippen molar-refractivity contribution in [3.63, 3.8) is 0 Å². The number of likely N-dealkylation sites (N-methyl/N-ethyl adjacent to an activating group) is 1. The summed E-state index contributed by atoms with van der Waals surface area (Å²) in [5, 5.41) is 13.6. The molecule has 1 saturated heterocycles. The van der Waals surface area contributed by atoms with E-state index in [1.807, 2.05) is 0 Å². The highest BCUT2D eigenvalue weighted by molar-refractivity contribution is 6.09. The Hall–Kier alpha value is -3.30. The Morgan fingerprint density at radius 3 is 2.48 bits per heavy atom. The van der Waals surface area contributed by atoms with Crippen LogP contribution in [0.25, 0.3) is 5.69 Å². The standard InChI is InChI=1S/C15H17N7O3/c1-15(10-4-6-11(7-5-10)22-9-16-18-19-22)13(24)21(14(25)17-15)8-12(23)20(2)3/h4-7,9H,8H2,1-3H3,(H,17,25). The Labute approximate surface area is 143 Å². The zero-order valence-corrected chi connectivity index (χ0v) is 14.0. The molecule has 1 fully saturated rings. The monoisotopic (exact) mass is 343 g/mol. The Morgan fingerprint density at radius 1 is 1.24 bits per heavy atom. The van der Waals surface area contributed by atoms with E-state index in [4.69, 9.17) is 0 Å². The summed E-state index contributed by atoms with van der Waals surface area (Å²) in [6.07, 6.45) is 1.45. The number of urea groups is 1. The number of tetrazole rings is 1. The Kier molecular flexibility index (Phi) is 3.95. The molecule has 130 valence electrons. The fraction of sp³-hybridized carbons (Fsp3) is 0.333. The minimum Gasteiger partial charge on any atom is -0.347 e. The molecule has 1 aromatic carbocycles. The largest absolute Gasteiger partial charge is 0.347 e. The number of benzene rings is 1. The average molecular weight is 343 g/mol. The van der Waals surface area contributed by atoms with E-state index in [-0.39, 0.29) is 12.5 Å². The van der Waals surface area contributed by atoms with E-state index >= 15 is 0 Å². The van der Waals surface area contributed by atoms with Gasteiger partial charge >= 0.3 is 6.03 Å². The van der Waals surface area contributed by atoms with Gasteiger partial charge < -0.3 is 10.2 Å². The van der Waals surface area contributed by atoms with Gasteiger partial charge in [0.15, 0.2) is 0 Å². The second-order valence-corrected chi connectivity index (χ2v) is 6.04. The molecule has 1 N–H and O–H groups in total. The molecule has 10 nitrogen and oxygen atoms in total. The first-order valence-electron chi connectivity index (χ1n) is 7.51. The highest BCUT2D eigenvalue weighted by Gasteiger charge is 2.49. The van der Waals surface area contributed by atoms with Gasteiger partial charge in [-0.15, -0.1) is 5.10 Å². The third kappa shape index (κ3) is 2.82. The van der Waals surface area contributed by atoms with Gasteiger partial charge in [0.05, 0.1) is 5.69 Å². The third-order valence-corrected chi connectivity index (χ3v) is 4.13. The fourth-order valence-corrected chi connectivity index (χ4v) is 2.54. The molecular weight excluding hydrogens is 326 g/mol. The number of hydrogen-bond acceptors (Lipinski definition) is 6. The van der Waals surface area contributed by atoms with Crippen LogP contribution in [0.4, 0.5) is 4.79 Å². The van der Waals surface area contributed by atoms with Crippen molar-refractivity contribution in [2.75, 3.05) is 20.6 Å². The smallest absolute Gasteiger partial charge is 0.325 e. The van der Waals surface area contributed by atoms with E-state index in [9.17, 15) is 14.4 Å². The number of carbonyl (C=O) groups is 3. The van der Waals surface area contributed by atoms with Crippen LogP contribution < -0.4 is 5.32 Å². The molecule has 1 aliphatic rings. The van der Waals surface area contributed by atoms with E-state index < -0.39 is 17.5 Å². The van der Waals surface area contributed by atoms with E-state index in [1.54, 1.807) is 45.3 Å². The first-order chi connectivity index (χ1) is 11.8. The second kappa shape index (κ2) is 5.96. The number of carbonyl (C=O) groups excluding carboxylic acids is 3. The zero-order chi connectivity index (χ0) is 18.2. The summed E-state index contributed by atoms with van der Waals surface area (Å²) in [5.41, 5.74) is 0.0827. The SMILES string of the molecule is CN(C)C(=O)CN1C(=O)NC(C)(c2ccc(-n3cnnn3)cc2)C1=O. The second-order valence-electron chi connectivity index (χ2n) is 6.04. The quantitative estimate of drug-likeness (QED) is 0.750. The number of hydrogen-bond donors (Lipinski definition) is 1. The number of nitrogens with one attached hydrogen (secondary N) is 1. The molecule has 0 bridgehead atoms. The molecule has 10 heteroatoms. The summed E-state index contributed by atoms with van der Waals surface area (Å²) in [6, 6.07) is 6.32. The van der Waals surface area contributed by atoms with Gasteiger partial charge in [0.1, 0.15) is 18.4 Å². The van der Waals surface area contributed by atoms with Crippen molar-refractivity contribution in [3.8, 4) is 5.69 Å². The number of amides is 4. The number of nitrogens with zero attached hydrogens (tertiary/aromatic N) is 6. The predicted octanol–water partition coefficient (Wildman–Crippen LogP) is -0.482. The molecule has 0 spiro atoms. The van der Waals surface area contributed by atoms with Crippen LogP contribution in [0, 0.1) is 0 Å². The van der Waals surface area contributed by atoms with Crippen molar-refractivity contribution in [3.05, 3.63) is 36.2 Å². The van der Waals surface area contributed by atoms with Crippen LogP contribution in [-0.2, 0) is 15.1 Å². The maximum Gasteiger partial charge on any atom is 0.325 e. The van der Waals surface area contributed by atoms with Crippen LogP contribution >= 0.6 is 0 Å². The number of imide groups is 1. The lowest BCUT2D eigenvalue weighted by atomic mass is 9.92. The van der Waals surface area contributed by atoms with Gasteiger partial charge in [-0.1, -0.05) is 12.1 Å². The van der Waals surface area contributed by atoms with Crippen molar-refractivity contribution < 1.29 is 14.4 Å². The zero-order valence-electron chi connectivity index (χ0n) is 14.0. The lowest BCUT2D eigenvalue weighted by Gasteiger charge is -2.22. The van der Waals surface area contributed by atoms with Crippen LogP contribution in [-0.4, -0.2) is 68.5 Å². The molecule has 4 amide bonds. The highest BCUT2D eigenvalue weighted by atomic mass is 16.2. The fourth-order valence-electron chi connectivity index (χ4n) is 2.54. The molecule has 0 saturated carbocycles. The summed E-state index contributed by atoms with van der Waals surface area (Å²) in [5.74, 6) is -0.801. The minimum absolute atomic E-state index is 0.296. The summed E-state index contributed by atoms with van der Waals surface area (Å²) in [4.78, 5) is 39.0. The van der Waals surface area contributed by atoms with Gasteiger partial charge in [-0.25, -0.2) is 9.48 Å². The van der Waals surface area contributed by atoms with Crippen LogP contribution in [0.2, 0.25) is 0 Å². The third-order valence-electron chi connectivity index (χ3n) is 4.13. The van der Waals surface area contributed by atoms with Crippen molar-refractivity contribution >= 4 is 17.8 Å². The van der Waals surface area contributed by atoms with Crippen molar-refractivity contribution in [1.29, 1.82) is 0 Å². The van der Waals surface area contributed by atoms with Gasteiger partial charge in [0.2, 0.25) is 5.91 Å². The molecule has 25 heavy (non-hydrogen) atoms. The molecule has 1 atom stereocenters. The molecule has 1 aromatic heterocycles. The van der Waals surface area contributed by atoms with Gasteiger partial charge in [-0.05, 0) is 35.0 Å². The molecule has 3 rings (SSSR count). The first-order valence-corrected chi connectivity index (χ1v) is 7.51.